The molecule has 2 saturated heterocycles. The number of para-hydroxylation sites is 1. The Morgan fingerprint density at radius 1 is 1.03 bits per heavy atom. The smallest absolute Gasteiger partial charge is 0.227 e. The van der Waals surface area contributed by atoms with Crippen LogP contribution in [0.5, 0.6) is 5.75 Å². The number of halogens is 2. The third kappa shape index (κ3) is 6.23. The van der Waals surface area contributed by atoms with E-state index in [9.17, 15) is 4.79 Å². The van der Waals surface area contributed by atoms with Crippen LogP contribution in [0.15, 0.2) is 42.5 Å². The molecule has 2 fully saturated rings. The molecule has 1 spiro atoms. The lowest BCUT2D eigenvalue weighted by atomic mass is 9.77. The van der Waals surface area contributed by atoms with Crippen LogP contribution in [-0.2, 0) is 17.8 Å². The summed E-state index contributed by atoms with van der Waals surface area (Å²) in [5.41, 5.74) is 2.36. The molecule has 0 N–H and O–H groups in total. The van der Waals surface area contributed by atoms with Gasteiger partial charge in [-0.2, -0.15) is 0 Å². The highest BCUT2D eigenvalue weighted by molar-refractivity contribution is 6.35. The van der Waals surface area contributed by atoms with Gasteiger partial charge in [0, 0.05) is 35.2 Å². The third-order valence-corrected chi connectivity index (χ3v) is 7.59. The summed E-state index contributed by atoms with van der Waals surface area (Å²) in [5.74, 6) is 1.68. The van der Waals surface area contributed by atoms with Gasteiger partial charge in [-0.05, 0) is 67.4 Å². The van der Waals surface area contributed by atoms with E-state index in [1.807, 2.05) is 17.0 Å². The van der Waals surface area contributed by atoms with Crippen LogP contribution >= 0.6 is 23.2 Å². The molecule has 0 saturated carbocycles. The molecule has 4 rings (SSSR count). The first-order valence-corrected chi connectivity index (χ1v) is 12.7. The van der Waals surface area contributed by atoms with Gasteiger partial charge in [0.25, 0.3) is 0 Å². The van der Waals surface area contributed by atoms with Gasteiger partial charge < -0.3 is 9.64 Å². The van der Waals surface area contributed by atoms with Crippen molar-refractivity contribution in [2.45, 2.75) is 46.1 Å². The fourth-order valence-corrected chi connectivity index (χ4v) is 5.43. The van der Waals surface area contributed by atoms with Crippen molar-refractivity contribution in [2.75, 3.05) is 32.8 Å². The van der Waals surface area contributed by atoms with Crippen LogP contribution in [0, 0.1) is 11.3 Å². The van der Waals surface area contributed by atoms with Crippen LogP contribution in [0.4, 0.5) is 0 Å². The van der Waals surface area contributed by atoms with Gasteiger partial charge >= 0.3 is 0 Å². The van der Waals surface area contributed by atoms with Crippen molar-refractivity contribution < 1.29 is 9.53 Å². The lowest BCUT2D eigenvalue weighted by Gasteiger charge is -2.39. The predicted molar refractivity (Wildman–Crippen MR) is 135 cm³/mol. The molecule has 0 radical (unpaired) electrons. The normalized spacial score (nSPS) is 18.3. The molecule has 178 valence electrons. The van der Waals surface area contributed by atoms with Crippen LogP contribution in [-0.4, -0.2) is 48.5 Å². The van der Waals surface area contributed by atoms with E-state index in [0.717, 1.165) is 69.9 Å². The molecule has 0 bridgehead atoms. The Bertz CT molecular complexity index is 970. The number of hydrogen-bond acceptors (Lipinski definition) is 3. The van der Waals surface area contributed by atoms with E-state index in [1.165, 1.54) is 5.56 Å². The highest BCUT2D eigenvalue weighted by Crippen LogP contribution is 2.41. The van der Waals surface area contributed by atoms with Crippen molar-refractivity contribution in [3.05, 3.63) is 63.6 Å². The maximum atomic E-state index is 12.9. The third-order valence-electron chi connectivity index (χ3n) is 7.00. The molecule has 33 heavy (non-hydrogen) atoms. The average molecular weight is 489 g/mol. The van der Waals surface area contributed by atoms with Gasteiger partial charge in [-0.1, -0.05) is 61.3 Å². The van der Waals surface area contributed by atoms with Crippen molar-refractivity contribution in [3.63, 3.8) is 0 Å². The van der Waals surface area contributed by atoms with Crippen LogP contribution < -0.4 is 4.74 Å². The monoisotopic (exact) mass is 488 g/mol. The predicted octanol–water partition coefficient (Wildman–Crippen LogP) is 6.09. The second-order valence-electron chi connectivity index (χ2n) is 10.1. The molecule has 0 atom stereocenters. The first kappa shape index (κ1) is 24.4. The molecule has 2 aliphatic heterocycles. The molecular formula is C27H34Cl2N2O2. The van der Waals surface area contributed by atoms with Crippen molar-refractivity contribution in [2.24, 2.45) is 11.3 Å². The molecule has 0 aliphatic carbocycles. The van der Waals surface area contributed by atoms with Gasteiger partial charge in [-0.3, -0.25) is 9.69 Å². The minimum atomic E-state index is 0.162. The van der Waals surface area contributed by atoms with Crippen molar-refractivity contribution in [3.8, 4) is 5.75 Å². The van der Waals surface area contributed by atoms with E-state index in [4.69, 9.17) is 27.9 Å². The van der Waals surface area contributed by atoms with Crippen LogP contribution in [0.1, 0.15) is 44.2 Å². The first-order chi connectivity index (χ1) is 15.8. The molecule has 0 unspecified atom stereocenters. The Morgan fingerprint density at radius 3 is 2.48 bits per heavy atom. The number of benzene rings is 2. The topological polar surface area (TPSA) is 32.8 Å². The van der Waals surface area contributed by atoms with Crippen LogP contribution in [0.2, 0.25) is 10.0 Å². The van der Waals surface area contributed by atoms with E-state index >= 15 is 0 Å². The van der Waals surface area contributed by atoms with Crippen molar-refractivity contribution in [1.29, 1.82) is 0 Å². The van der Waals surface area contributed by atoms with Gasteiger partial charge in [0.1, 0.15) is 5.75 Å². The summed E-state index contributed by atoms with van der Waals surface area (Å²) in [5, 5.41) is 1.16. The van der Waals surface area contributed by atoms with Gasteiger partial charge in [-0.25, -0.2) is 0 Å². The number of hydrogen-bond donors (Lipinski definition) is 0. The Balaban J connectivity index is 1.30. The van der Waals surface area contributed by atoms with Gasteiger partial charge in [0.15, 0.2) is 0 Å². The minimum Gasteiger partial charge on any atom is -0.493 e. The molecule has 2 aromatic rings. The zero-order chi connectivity index (χ0) is 23.4. The molecule has 2 aliphatic rings. The Labute approximate surface area is 207 Å². The van der Waals surface area contributed by atoms with E-state index in [0.29, 0.717) is 22.4 Å². The summed E-state index contributed by atoms with van der Waals surface area (Å²) in [6.45, 7) is 9.83. The summed E-state index contributed by atoms with van der Waals surface area (Å²) >= 11 is 12.3. The second-order valence-corrected chi connectivity index (χ2v) is 10.9. The maximum Gasteiger partial charge on any atom is 0.227 e. The lowest BCUT2D eigenvalue weighted by Crippen LogP contribution is -2.42. The first-order valence-electron chi connectivity index (χ1n) is 12.0. The van der Waals surface area contributed by atoms with E-state index < -0.39 is 0 Å². The molecule has 2 aromatic carbocycles. The number of carbonyl (C=O) groups excluding carboxylic acids is 1. The van der Waals surface area contributed by atoms with E-state index in [-0.39, 0.29) is 11.3 Å². The molecule has 6 heteroatoms. The molecule has 4 nitrogen and oxygen atoms in total. The summed E-state index contributed by atoms with van der Waals surface area (Å²) < 4.78 is 6.05. The largest absolute Gasteiger partial charge is 0.493 e. The zero-order valence-electron chi connectivity index (χ0n) is 19.7. The van der Waals surface area contributed by atoms with Gasteiger partial charge in [0.2, 0.25) is 5.91 Å². The van der Waals surface area contributed by atoms with Gasteiger partial charge in [-0.15, -0.1) is 0 Å². The molecule has 0 aromatic heterocycles. The van der Waals surface area contributed by atoms with Crippen molar-refractivity contribution >= 4 is 29.1 Å². The Morgan fingerprint density at radius 2 is 1.76 bits per heavy atom. The minimum absolute atomic E-state index is 0.162. The number of likely N-dealkylation sites (tertiary alicyclic amines) is 2. The summed E-state index contributed by atoms with van der Waals surface area (Å²) in [6.07, 6.45) is 3.70. The number of carbonyl (C=O) groups is 1. The number of amides is 1. The van der Waals surface area contributed by atoms with Crippen molar-refractivity contribution in [1.82, 2.24) is 9.80 Å². The fourth-order valence-electron chi connectivity index (χ4n) is 4.95. The second kappa shape index (κ2) is 10.7. The Kier molecular flexibility index (Phi) is 7.88. The average Bonchev–Trinajstić information content (AvgIpc) is 3.20. The summed E-state index contributed by atoms with van der Waals surface area (Å²) in [7, 11) is 0. The zero-order valence-corrected chi connectivity index (χ0v) is 21.2. The highest BCUT2D eigenvalue weighted by atomic mass is 35.5. The summed E-state index contributed by atoms with van der Waals surface area (Å²) in [4.78, 5) is 17.5. The fraction of sp³-hybridized carbons (Fsp3) is 0.519. The molecular weight excluding hydrogens is 455 g/mol. The number of rotatable bonds is 7. The highest BCUT2D eigenvalue weighted by Gasteiger charge is 2.42. The van der Waals surface area contributed by atoms with E-state index in [1.54, 1.807) is 12.1 Å². The lowest BCUT2D eigenvalue weighted by molar-refractivity contribution is -0.130. The van der Waals surface area contributed by atoms with Crippen LogP contribution in [0.25, 0.3) is 0 Å². The van der Waals surface area contributed by atoms with Crippen LogP contribution in [0.3, 0.4) is 0 Å². The molecule has 2 heterocycles. The number of ether oxygens (including phenoxy) is 1. The number of piperidine rings is 1. The molecule has 1 amide bonds. The quantitative estimate of drug-likeness (QED) is 0.472. The SMILES string of the molecule is CC(C)COc1ccccc1CN1CCC2(CC1)CCN(C(=O)Cc1ccc(Cl)cc1Cl)C2. The summed E-state index contributed by atoms with van der Waals surface area (Å²) in [6, 6.07) is 13.8. The van der Waals surface area contributed by atoms with Gasteiger partial charge in [0.05, 0.1) is 13.0 Å². The maximum absolute atomic E-state index is 12.9. The number of nitrogens with zero attached hydrogens (tertiary/aromatic N) is 2. The Hall–Kier alpha value is -1.75. The van der Waals surface area contributed by atoms with E-state index in [2.05, 4.69) is 36.9 Å². The standard InChI is InChI=1S/C27H34Cl2N2O2/c1-20(2)18-33-25-6-4-3-5-22(25)17-30-12-9-27(10-13-30)11-14-31(19-27)26(32)15-21-7-8-23(28)16-24(21)29/h3-8,16,20H,9-15,17-19H2,1-2H3.